The van der Waals surface area contributed by atoms with Crippen LogP contribution < -0.4 is 4.90 Å². The molecule has 1 aromatic heterocycles. The number of rotatable bonds is 2. The molecule has 8 nitrogen and oxygen atoms in total. The Morgan fingerprint density at radius 2 is 1.40 bits per heavy atom. The first-order valence-electron chi connectivity index (χ1n) is 7.63. The fourth-order valence-corrected chi connectivity index (χ4v) is 1.68. The highest BCUT2D eigenvalue weighted by Crippen LogP contribution is 2.22. The number of carbonyl (C=O) groups is 3. The second-order valence-corrected chi connectivity index (χ2v) is 7.22. The zero-order valence-corrected chi connectivity index (χ0v) is 15.6. The van der Waals surface area contributed by atoms with Crippen LogP contribution in [0.2, 0.25) is 0 Å². The second kappa shape index (κ2) is 7.50. The largest absolute Gasteiger partial charge is 0.465 e. The van der Waals surface area contributed by atoms with E-state index in [1.807, 2.05) is 0 Å². The van der Waals surface area contributed by atoms with Gasteiger partial charge in [0.1, 0.15) is 11.2 Å². The standard InChI is InChI=1S/C17H24N2O6/c1-16(2,3)24-14(21)19(15(22)25-17(4,5)6)12-8-11(9-18-10-12)13(20)23-7/h8-10H,1-7H3. The number of hydrogen-bond donors (Lipinski definition) is 0. The van der Waals surface area contributed by atoms with Crippen LogP contribution in [0.25, 0.3) is 0 Å². The average molecular weight is 352 g/mol. The Balaban J connectivity index is 3.29. The first-order chi connectivity index (χ1) is 11.3. The van der Waals surface area contributed by atoms with Crippen LogP contribution in [0.5, 0.6) is 0 Å². The highest BCUT2D eigenvalue weighted by atomic mass is 16.6. The van der Waals surface area contributed by atoms with Gasteiger partial charge in [0.15, 0.2) is 0 Å². The molecule has 0 saturated heterocycles. The Bertz CT molecular complexity index is 630. The average Bonchev–Trinajstić information content (AvgIpc) is 2.43. The van der Waals surface area contributed by atoms with Gasteiger partial charge in [0.2, 0.25) is 0 Å². The highest BCUT2D eigenvalue weighted by molar-refractivity contribution is 6.10. The number of ether oxygens (including phenoxy) is 3. The molecule has 138 valence electrons. The minimum Gasteiger partial charge on any atom is -0.465 e. The third-order valence-electron chi connectivity index (χ3n) is 2.56. The summed E-state index contributed by atoms with van der Waals surface area (Å²) in [7, 11) is 1.22. The predicted molar refractivity (Wildman–Crippen MR) is 90.5 cm³/mol. The molecule has 0 aromatic carbocycles. The maximum atomic E-state index is 12.5. The van der Waals surface area contributed by atoms with Gasteiger partial charge in [-0.05, 0) is 47.6 Å². The van der Waals surface area contributed by atoms with Crippen molar-refractivity contribution in [1.29, 1.82) is 0 Å². The predicted octanol–water partition coefficient (Wildman–Crippen LogP) is 3.54. The van der Waals surface area contributed by atoms with E-state index in [4.69, 9.17) is 9.47 Å². The van der Waals surface area contributed by atoms with Crippen molar-refractivity contribution in [3.05, 3.63) is 24.0 Å². The molecule has 25 heavy (non-hydrogen) atoms. The Labute approximate surface area is 147 Å². The molecule has 0 aliphatic carbocycles. The van der Waals surface area contributed by atoms with Crippen molar-refractivity contribution >= 4 is 23.8 Å². The Morgan fingerprint density at radius 1 is 0.920 bits per heavy atom. The molecule has 0 saturated carbocycles. The van der Waals surface area contributed by atoms with Gasteiger partial charge in [0.05, 0.1) is 24.6 Å². The molecule has 1 rings (SSSR count). The van der Waals surface area contributed by atoms with Crippen molar-refractivity contribution in [2.24, 2.45) is 0 Å². The fraction of sp³-hybridized carbons (Fsp3) is 0.529. The molecule has 8 heteroatoms. The van der Waals surface area contributed by atoms with Gasteiger partial charge >= 0.3 is 18.2 Å². The fourth-order valence-electron chi connectivity index (χ4n) is 1.68. The van der Waals surface area contributed by atoms with Gasteiger partial charge < -0.3 is 14.2 Å². The van der Waals surface area contributed by atoms with Gasteiger partial charge in [0.25, 0.3) is 0 Å². The summed E-state index contributed by atoms with van der Waals surface area (Å²) in [5.74, 6) is -0.650. The van der Waals surface area contributed by atoms with E-state index in [2.05, 4.69) is 9.72 Å². The summed E-state index contributed by atoms with van der Waals surface area (Å²) < 4.78 is 15.1. The first kappa shape index (κ1) is 20.4. The zero-order chi connectivity index (χ0) is 19.4. The monoisotopic (exact) mass is 352 g/mol. The lowest BCUT2D eigenvalue weighted by atomic mass is 10.2. The molecular formula is C17H24N2O6. The van der Waals surface area contributed by atoms with Crippen LogP contribution in [0.1, 0.15) is 51.9 Å². The van der Waals surface area contributed by atoms with E-state index >= 15 is 0 Å². The molecule has 0 radical (unpaired) electrons. The number of carbonyl (C=O) groups excluding carboxylic acids is 3. The minimum atomic E-state index is -0.939. The number of anilines is 1. The number of esters is 1. The summed E-state index contributed by atoms with van der Waals surface area (Å²) in [4.78, 5) is 41.2. The number of hydrogen-bond acceptors (Lipinski definition) is 7. The lowest BCUT2D eigenvalue weighted by molar-refractivity contribution is 0.0428. The number of pyridine rings is 1. The molecule has 0 fully saturated rings. The SMILES string of the molecule is COC(=O)c1cncc(N(C(=O)OC(C)(C)C)C(=O)OC(C)(C)C)c1. The number of aromatic nitrogens is 1. The van der Waals surface area contributed by atoms with Crippen LogP contribution >= 0.6 is 0 Å². The number of imide groups is 1. The molecule has 0 aliphatic rings. The normalized spacial score (nSPS) is 11.5. The van der Waals surface area contributed by atoms with Crippen LogP contribution in [-0.2, 0) is 14.2 Å². The summed E-state index contributed by atoms with van der Waals surface area (Å²) in [5.41, 5.74) is -1.54. The molecule has 1 aromatic rings. The van der Waals surface area contributed by atoms with Crippen molar-refractivity contribution in [2.45, 2.75) is 52.7 Å². The third-order valence-corrected chi connectivity index (χ3v) is 2.56. The van der Waals surface area contributed by atoms with Gasteiger partial charge in [0, 0.05) is 6.20 Å². The molecule has 1 heterocycles. The van der Waals surface area contributed by atoms with Crippen LogP contribution in [0.15, 0.2) is 18.5 Å². The highest BCUT2D eigenvalue weighted by Gasteiger charge is 2.33. The molecule has 0 unspecified atom stereocenters. The van der Waals surface area contributed by atoms with Gasteiger partial charge in [-0.15, -0.1) is 0 Å². The maximum Gasteiger partial charge on any atom is 0.424 e. The van der Waals surface area contributed by atoms with Crippen LogP contribution in [-0.4, -0.2) is 41.5 Å². The van der Waals surface area contributed by atoms with Crippen molar-refractivity contribution in [2.75, 3.05) is 12.0 Å². The molecule has 0 aliphatic heterocycles. The summed E-state index contributed by atoms with van der Waals surface area (Å²) in [6, 6.07) is 1.30. The maximum absolute atomic E-state index is 12.5. The Hall–Kier alpha value is -2.64. The van der Waals surface area contributed by atoms with Crippen molar-refractivity contribution in [1.82, 2.24) is 4.98 Å². The molecule has 0 bridgehead atoms. The van der Waals surface area contributed by atoms with Crippen LogP contribution in [0.3, 0.4) is 0 Å². The third kappa shape index (κ3) is 6.40. The topological polar surface area (TPSA) is 95.0 Å². The molecule has 2 amide bonds. The van der Waals surface area contributed by atoms with E-state index in [0.717, 1.165) is 0 Å². The van der Waals surface area contributed by atoms with E-state index in [1.165, 1.54) is 25.6 Å². The summed E-state index contributed by atoms with van der Waals surface area (Å²) >= 11 is 0. The summed E-state index contributed by atoms with van der Waals surface area (Å²) in [5, 5.41) is 0. The summed E-state index contributed by atoms with van der Waals surface area (Å²) in [6.45, 7) is 10.0. The van der Waals surface area contributed by atoms with Crippen molar-refractivity contribution < 1.29 is 28.6 Å². The second-order valence-electron chi connectivity index (χ2n) is 7.22. The van der Waals surface area contributed by atoms with Crippen LogP contribution in [0, 0.1) is 0 Å². The lowest BCUT2D eigenvalue weighted by Crippen LogP contribution is -2.44. The van der Waals surface area contributed by atoms with Crippen LogP contribution in [0.4, 0.5) is 15.3 Å². The number of methoxy groups -OCH3 is 1. The van der Waals surface area contributed by atoms with Gasteiger partial charge in [-0.25, -0.2) is 14.4 Å². The van der Waals surface area contributed by atoms with Gasteiger partial charge in [-0.2, -0.15) is 4.90 Å². The van der Waals surface area contributed by atoms with Gasteiger partial charge in [-0.1, -0.05) is 0 Å². The van der Waals surface area contributed by atoms with E-state index < -0.39 is 29.4 Å². The van der Waals surface area contributed by atoms with E-state index in [0.29, 0.717) is 4.90 Å². The van der Waals surface area contributed by atoms with Gasteiger partial charge in [-0.3, -0.25) is 4.98 Å². The molecule has 0 spiro atoms. The molecular weight excluding hydrogens is 328 g/mol. The lowest BCUT2D eigenvalue weighted by Gasteiger charge is -2.28. The van der Waals surface area contributed by atoms with E-state index in [9.17, 15) is 14.4 Å². The number of amides is 2. The summed E-state index contributed by atoms with van der Waals surface area (Å²) in [6.07, 6.45) is 0.633. The molecule has 0 N–H and O–H groups in total. The zero-order valence-electron chi connectivity index (χ0n) is 15.6. The number of nitrogens with zero attached hydrogens (tertiary/aromatic N) is 2. The van der Waals surface area contributed by atoms with Crippen molar-refractivity contribution in [3.63, 3.8) is 0 Å². The van der Waals surface area contributed by atoms with E-state index in [-0.39, 0.29) is 11.3 Å². The Morgan fingerprint density at radius 3 is 1.80 bits per heavy atom. The smallest absolute Gasteiger partial charge is 0.424 e. The van der Waals surface area contributed by atoms with Crippen molar-refractivity contribution in [3.8, 4) is 0 Å². The first-order valence-corrected chi connectivity index (χ1v) is 7.63. The minimum absolute atomic E-state index is 0.0337. The van der Waals surface area contributed by atoms with E-state index in [1.54, 1.807) is 41.5 Å². The Kier molecular flexibility index (Phi) is 6.12. The molecule has 0 atom stereocenters. The quantitative estimate of drug-likeness (QED) is 0.593.